The van der Waals surface area contributed by atoms with E-state index >= 15 is 0 Å². The number of rotatable bonds is 4. The van der Waals surface area contributed by atoms with Crippen LogP contribution in [0, 0.1) is 5.92 Å². The molecule has 1 fully saturated rings. The van der Waals surface area contributed by atoms with Gasteiger partial charge in [0.25, 0.3) is 0 Å². The Labute approximate surface area is 103 Å². The summed E-state index contributed by atoms with van der Waals surface area (Å²) in [6, 6.07) is 0. The van der Waals surface area contributed by atoms with Crippen LogP contribution in [0.1, 0.15) is 33.6 Å². The summed E-state index contributed by atoms with van der Waals surface area (Å²) in [7, 11) is 0. The van der Waals surface area contributed by atoms with E-state index in [1.807, 2.05) is 6.08 Å². The van der Waals surface area contributed by atoms with Gasteiger partial charge < -0.3 is 0 Å². The first-order valence-electron chi connectivity index (χ1n) is 5.68. The largest absolute Gasteiger partial charge is 0.140 e. The lowest BCUT2D eigenvalue weighted by Gasteiger charge is -2.35. The van der Waals surface area contributed by atoms with Crippen LogP contribution in [0.15, 0.2) is 24.3 Å². The minimum atomic E-state index is 0.324. The zero-order valence-electron chi connectivity index (χ0n) is 10.1. The molecule has 0 aromatic rings. The highest BCUT2D eigenvalue weighted by atomic mass is 32.2. The Morgan fingerprint density at radius 3 is 2.47 bits per heavy atom. The first-order valence-corrected chi connectivity index (χ1v) is 7.65. The van der Waals surface area contributed by atoms with Crippen LogP contribution >= 0.6 is 23.5 Å². The average molecular weight is 242 g/mol. The molecule has 1 heterocycles. The van der Waals surface area contributed by atoms with Crippen molar-refractivity contribution in [3.8, 4) is 0 Å². The van der Waals surface area contributed by atoms with Crippen molar-refractivity contribution in [3.05, 3.63) is 24.3 Å². The van der Waals surface area contributed by atoms with Crippen LogP contribution in [0.5, 0.6) is 0 Å². The van der Waals surface area contributed by atoms with Crippen LogP contribution in [0.4, 0.5) is 0 Å². The predicted molar refractivity (Wildman–Crippen MR) is 75.7 cm³/mol. The van der Waals surface area contributed by atoms with Crippen LogP contribution in [0.25, 0.3) is 0 Å². The van der Waals surface area contributed by atoms with Crippen molar-refractivity contribution in [1.29, 1.82) is 0 Å². The zero-order valence-corrected chi connectivity index (χ0v) is 11.7. The van der Waals surface area contributed by atoms with Gasteiger partial charge in [-0.2, -0.15) is 0 Å². The Hall–Kier alpha value is 0.180. The van der Waals surface area contributed by atoms with Crippen LogP contribution in [0.2, 0.25) is 0 Å². The Bertz CT molecular complexity index is 235. The van der Waals surface area contributed by atoms with Crippen molar-refractivity contribution >= 4 is 23.5 Å². The maximum absolute atomic E-state index is 3.85. The lowest BCUT2D eigenvalue weighted by molar-refractivity contribution is 0.582. The fourth-order valence-corrected chi connectivity index (χ4v) is 5.55. The second-order valence-electron chi connectivity index (χ2n) is 4.55. The zero-order chi connectivity index (χ0) is 11.3. The summed E-state index contributed by atoms with van der Waals surface area (Å²) in [4.78, 5) is 0. The van der Waals surface area contributed by atoms with E-state index < -0.39 is 0 Å². The van der Waals surface area contributed by atoms with Crippen LogP contribution in [0.3, 0.4) is 0 Å². The molecule has 0 aromatic heterocycles. The molecule has 1 aliphatic rings. The van der Waals surface area contributed by atoms with Gasteiger partial charge in [0.2, 0.25) is 0 Å². The van der Waals surface area contributed by atoms with Gasteiger partial charge >= 0.3 is 0 Å². The van der Waals surface area contributed by atoms with E-state index in [1.165, 1.54) is 29.9 Å². The second kappa shape index (κ2) is 6.05. The van der Waals surface area contributed by atoms with Gasteiger partial charge in [-0.25, -0.2) is 0 Å². The molecule has 0 N–H and O–H groups in total. The number of hydrogen-bond acceptors (Lipinski definition) is 2. The number of allylic oxidation sites excluding steroid dienone is 2. The van der Waals surface area contributed by atoms with E-state index in [0.717, 1.165) is 5.92 Å². The SMILES string of the molecule is C=C/C(C)=C/C1(CC(C)C)SCCCS1. The van der Waals surface area contributed by atoms with E-state index in [1.54, 1.807) is 0 Å². The lowest BCUT2D eigenvalue weighted by atomic mass is 10.1. The molecule has 0 aliphatic carbocycles. The van der Waals surface area contributed by atoms with E-state index in [2.05, 4.69) is 56.9 Å². The molecular weight excluding hydrogens is 220 g/mol. The topological polar surface area (TPSA) is 0 Å². The van der Waals surface area contributed by atoms with Crippen LogP contribution in [-0.4, -0.2) is 15.6 Å². The molecule has 1 saturated heterocycles. The summed E-state index contributed by atoms with van der Waals surface area (Å²) in [5.74, 6) is 3.37. The standard InChI is InChI=1S/C13H22S2/c1-5-12(4)10-13(9-11(2)3)14-7-6-8-15-13/h5,10-11H,1,6-9H2,2-4H3/b12-10+. The molecule has 0 spiro atoms. The summed E-state index contributed by atoms with van der Waals surface area (Å²) in [5.41, 5.74) is 1.32. The molecule has 0 nitrogen and oxygen atoms in total. The highest BCUT2D eigenvalue weighted by molar-refractivity contribution is 8.19. The van der Waals surface area contributed by atoms with Crippen molar-refractivity contribution in [3.63, 3.8) is 0 Å². The normalized spacial score (nSPS) is 21.7. The molecule has 1 aliphatic heterocycles. The minimum Gasteiger partial charge on any atom is -0.140 e. The van der Waals surface area contributed by atoms with Crippen molar-refractivity contribution in [1.82, 2.24) is 0 Å². The van der Waals surface area contributed by atoms with Gasteiger partial charge in [0, 0.05) is 0 Å². The average Bonchev–Trinajstić information content (AvgIpc) is 2.17. The Morgan fingerprint density at radius 2 is 2.00 bits per heavy atom. The minimum absolute atomic E-state index is 0.324. The van der Waals surface area contributed by atoms with Crippen molar-refractivity contribution in [2.24, 2.45) is 5.92 Å². The van der Waals surface area contributed by atoms with Crippen LogP contribution < -0.4 is 0 Å². The molecule has 86 valence electrons. The Morgan fingerprint density at radius 1 is 1.40 bits per heavy atom. The maximum atomic E-state index is 3.85. The fraction of sp³-hybridized carbons (Fsp3) is 0.692. The quantitative estimate of drug-likeness (QED) is 0.654. The molecule has 15 heavy (non-hydrogen) atoms. The molecule has 1 rings (SSSR count). The highest BCUT2D eigenvalue weighted by Crippen LogP contribution is 2.48. The van der Waals surface area contributed by atoms with Crippen molar-refractivity contribution in [2.75, 3.05) is 11.5 Å². The van der Waals surface area contributed by atoms with Gasteiger partial charge in [-0.3, -0.25) is 0 Å². The summed E-state index contributed by atoms with van der Waals surface area (Å²) < 4.78 is 0.324. The molecule has 2 heteroatoms. The van der Waals surface area contributed by atoms with E-state index in [9.17, 15) is 0 Å². The van der Waals surface area contributed by atoms with Crippen LogP contribution in [-0.2, 0) is 0 Å². The second-order valence-corrected chi connectivity index (χ2v) is 7.66. The molecular formula is C13H22S2. The fourth-order valence-electron chi connectivity index (χ4n) is 1.83. The van der Waals surface area contributed by atoms with Gasteiger partial charge in [-0.15, -0.1) is 23.5 Å². The van der Waals surface area contributed by atoms with E-state index in [4.69, 9.17) is 0 Å². The van der Waals surface area contributed by atoms with Crippen molar-refractivity contribution in [2.45, 2.75) is 37.7 Å². The summed E-state index contributed by atoms with van der Waals surface area (Å²) in [5, 5.41) is 0. The van der Waals surface area contributed by atoms with E-state index in [-0.39, 0.29) is 0 Å². The lowest BCUT2D eigenvalue weighted by Crippen LogP contribution is -2.25. The first-order chi connectivity index (χ1) is 7.08. The molecule has 0 amide bonds. The number of thioether (sulfide) groups is 2. The maximum Gasteiger partial charge on any atom is 0.0799 e. The smallest absolute Gasteiger partial charge is 0.0799 e. The monoisotopic (exact) mass is 242 g/mol. The molecule has 0 unspecified atom stereocenters. The summed E-state index contributed by atoms with van der Waals surface area (Å²) in [6.07, 6.45) is 7.02. The molecule has 0 aromatic carbocycles. The third-order valence-electron chi connectivity index (χ3n) is 2.44. The third kappa shape index (κ3) is 4.28. The van der Waals surface area contributed by atoms with Gasteiger partial charge in [-0.05, 0) is 37.2 Å². The molecule has 0 saturated carbocycles. The predicted octanol–water partition coefficient (Wildman–Crippen LogP) is 4.73. The van der Waals surface area contributed by atoms with Crippen molar-refractivity contribution < 1.29 is 0 Å². The molecule has 0 bridgehead atoms. The van der Waals surface area contributed by atoms with Gasteiger partial charge in [0.15, 0.2) is 0 Å². The molecule has 0 radical (unpaired) electrons. The number of hydrogen-bond donors (Lipinski definition) is 0. The van der Waals surface area contributed by atoms with Gasteiger partial charge in [0.05, 0.1) is 4.08 Å². The summed E-state index contributed by atoms with van der Waals surface area (Å²) in [6.45, 7) is 10.6. The van der Waals surface area contributed by atoms with Gasteiger partial charge in [-0.1, -0.05) is 38.2 Å². The van der Waals surface area contributed by atoms with Gasteiger partial charge in [0.1, 0.15) is 0 Å². The van der Waals surface area contributed by atoms with E-state index in [0.29, 0.717) is 4.08 Å². The molecule has 0 atom stereocenters. The Kier molecular flexibility index (Phi) is 5.34. The Balaban J connectivity index is 2.79. The first kappa shape index (κ1) is 13.2. The highest BCUT2D eigenvalue weighted by Gasteiger charge is 2.32. The summed E-state index contributed by atoms with van der Waals surface area (Å²) >= 11 is 4.24. The third-order valence-corrected chi connectivity index (χ3v) is 5.68.